The third-order valence-corrected chi connectivity index (χ3v) is 4.10. The monoisotopic (exact) mass is 261 g/mol. The fourth-order valence-corrected chi connectivity index (χ4v) is 2.94. The Morgan fingerprint density at radius 1 is 1.50 bits per heavy atom. The minimum Gasteiger partial charge on any atom is -0.347 e. The average Bonchev–Trinajstić information content (AvgIpc) is 2.87. The summed E-state index contributed by atoms with van der Waals surface area (Å²) in [6.07, 6.45) is 0. The summed E-state index contributed by atoms with van der Waals surface area (Å²) in [7, 11) is 0. The van der Waals surface area contributed by atoms with Crippen LogP contribution >= 0.6 is 11.3 Å². The van der Waals surface area contributed by atoms with Gasteiger partial charge in [-0.05, 0) is 24.6 Å². The van der Waals surface area contributed by atoms with Gasteiger partial charge < -0.3 is 4.90 Å². The van der Waals surface area contributed by atoms with Crippen molar-refractivity contribution in [2.75, 3.05) is 0 Å². The summed E-state index contributed by atoms with van der Waals surface area (Å²) < 4.78 is 13.2. The Labute approximate surface area is 108 Å². The molecule has 0 spiro atoms. The van der Waals surface area contributed by atoms with Crippen molar-refractivity contribution in [3.8, 4) is 0 Å². The van der Waals surface area contributed by atoms with E-state index in [0.717, 1.165) is 16.1 Å². The summed E-state index contributed by atoms with van der Waals surface area (Å²) >= 11 is 1.60. The van der Waals surface area contributed by atoms with Gasteiger partial charge in [0.05, 0.1) is 17.7 Å². The highest BCUT2D eigenvalue weighted by Gasteiger charge is 2.25. The fourth-order valence-electron chi connectivity index (χ4n) is 2.15. The van der Waals surface area contributed by atoms with E-state index in [1.54, 1.807) is 17.4 Å². The molecule has 1 aromatic heterocycles. The molecular weight excluding hydrogens is 249 g/mol. The summed E-state index contributed by atoms with van der Waals surface area (Å²) in [6, 6.07) is 4.66. The summed E-state index contributed by atoms with van der Waals surface area (Å²) in [6.45, 7) is 3.32. The molecule has 2 aromatic rings. The Kier molecular flexibility index (Phi) is 2.63. The van der Waals surface area contributed by atoms with Crippen molar-refractivity contribution in [3.05, 3.63) is 51.2 Å². The molecule has 3 rings (SSSR count). The van der Waals surface area contributed by atoms with Crippen LogP contribution in [0.3, 0.4) is 0 Å². The van der Waals surface area contributed by atoms with E-state index in [-0.39, 0.29) is 5.82 Å². The molecule has 0 bridgehead atoms. The maximum Gasteiger partial charge on any atom is 0.129 e. The van der Waals surface area contributed by atoms with Gasteiger partial charge in [0.1, 0.15) is 11.7 Å². The van der Waals surface area contributed by atoms with Crippen LogP contribution in [-0.2, 0) is 13.1 Å². The molecule has 2 heterocycles. The number of nitrogens with zero attached hydrogens (tertiary/aromatic N) is 2. The average molecular weight is 261 g/mol. The topological polar surface area (TPSA) is 40.0 Å². The first-order valence-electron chi connectivity index (χ1n) is 5.66. The van der Waals surface area contributed by atoms with Crippen LogP contribution in [0.1, 0.15) is 21.7 Å². The third-order valence-electron chi connectivity index (χ3n) is 3.18. The van der Waals surface area contributed by atoms with E-state index in [1.807, 2.05) is 17.3 Å². The SMILES string of the molecule is Cc1ncsc1CN1Cc2ccc(F)cc2C1=N. The van der Waals surface area contributed by atoms with Gasteiger partial charge in [0.25, 0.3) is 0 Å². The van der Waals surface area contributed by atoms with Gasteiger partial charge >= 0.3 is 0 Å². The van der Waals surface area contributed by atoms with Crippen molar-refractivity contribution >= 4 is 17.2 Å². The number of aryl methyl sites for hydroxylation is 1. The Balaban J connectivity index is 1.87. The Morgan fingerprint density at radius 2 is 2.33 bits per heavy atom. The molecule has 0 radical (unpaired) electrons. The van der Waals surface area contributed by atoms with Crippen molar-refractivity contribution in [3.63, 3.8) is 0 Å². The molecule has 1 aliphatic rings. The maximum atomic E-state index is 13.2. The summed E-state index contributed by atoms with van der Waals surface area (Å²) in [4.78, 5) is 7.32. The molecular formula is C13H12FN3S. The zero-order valence-corrected chi connectivity index (χ0v) is 10.7. The van der Waals surface area contributed by atoms with Gasteiger partial charge in [-0.15, -0.1) is 11.3 Å². The number of rotatable bonds is 2. The van der Waals surface area contributed by atoms with Crippen LogP contribution in [-0.4, -0.2) is 15.7 Å². The Hall–Kier alpha value is -1.75. The first-order chi connectivity index (χ1) is 8.65. The summed E-state index contributed by atoms with van der Waals surface area (Å²) in [5.74, 6) is 0.117. The first-order valence-corrected chi connectivity index (χ1v) is 6.54. The third kappa shape index (κ3) is 1.80. The smallest absolute Gasteiger partial charge is 0.129 e. The molecule has 0 amide bonds. The minimum absolute atomic E-state index is 0.283. The van der Waals surface area contributed by atoms with Gasteiger partial charge in [-0.1, -0.05) is 6.07 Å². The second kappa shape index (κ2) is 4.17. The van der Waals surface area contributed by atoms with Crippen LogP contribution < -0.4 is 0 Å². The van der Waals surface area contributed by atoms with E-state index < -0.39 is 0 Å². The van der Waals surface area contributed by atoms with Crippen LogP contribution in [0.15, 0.2) is 23.7 Å². The van der Waals surface area contributed by atoms with Gasteiger partial charge in [-0.3, -0.25) is 5.41 Å². The van der Waals surface area contributed by atoms with E-state index >= 15 is 0 Å². The highest BCUT2D eigenvalue weighted by atomic mass is 32.1. The van der Waals surface area contributed by atoms with E-state index in [2.05, 4.69) is 4.98 Å². The van der Waals surface area contributed by atoms with E-state index in [9.17, 15) is 4.39 Å². The van der Waals surface area contributed by atoms with E-state index in [1.165, 1.54) is 12.1 Å². The van der Waals surface area contributed by atoms with Crippen molar-refractivity contribution < 1.29 is 4.39 Å². The molecule has 92 valence electrons. The zero-order chi connectivity index (χ0) is 12.7. The lowest BCUT2D eigenvalue weighted by molar-refractivity contribution is 0.425. The van der Waals surface area contributed by atoms with Gasteiger partial charge in [0.2, 0.25) is 0 Å². The molecule has 3 nitrogen and oxygen atoms in total. The van der Waals surface area contributed by atoms with Crippen molar-refractivity contribution in [2.45, 2.75) is 20.0 Å². The standard InChI is InChI=1S/C13H12FN3S/c1-8-12(18-7-16-8)6-17-5-9-2-3-10(14)4-11(9)13(17)15/h2-4,7,15H,5-6H2,1H3. The highest BCUT2D eigenvalue weighted by molar-refractivity contribution is 7.09. The number of benzene rings is 1. The van der Waals surface area contributed by atoms with Crippen LogP contribution in [0.25, 0.3) is 0 Å². The second-order valence-electron chi connectivity index (χ2n) is 4.37. The molecule has 1 aromatic carbocycles. The lowest BCUT2D eigenvalue weighted by atomic mass is 10.1. The Morgan fingerprint density at radius 3 is 3.06 bits per heavy atom. The van der Waals surface area contributed by atoms with Crippen LogP contribution in [0.5, 0.6) is 0 Å². The molecule has 0 atom stereocenters. The molecule has 0 aliphatic carbocycles. The predicted octanol–water partition coefficient (Wildman–Crippen LogP) is 2.93. The molecule has 18 heavy (non-hydrogen) atoms. The molecule has 0 unspecified atom stereocenters. The molecule has 1 N–H and O–H groups in total. The fraction of sp³-hybridized carbons (Fsp3) is 0.231. The van der Waals surface area contributed by atoms with Crippen molar-refractivity contribution in [1.29, 1.82) is 5.41 Å². The zero-order valence-electron chi connectivity index (χ0n) is 9.90. The number of nitrogens with one attached hydrogen (secondary N) is 1. The van der Waals surface area contributed by atoms with E-state index in [4.69, 9.17) is 5.41 Å². The van der Waals surface area contributed by atoms with Crippen molar-refractivity contribution in [2.24, 2.45) is 0 Å². The quantitative estimate of drug-likeness (QED) is 0.903. The number of aromatic nitrogens is 1. The van der Waals surface area contributed by atoms with Crippen LogP contribution in [0.4, 0.5) is 4.39 Å². The van der Waals surface area contributed by atoms with Crippen molar-refractivity contribution in [1.82, 2.24) is 9.88 Å². The number of fused-ring (bicyclic) bond motifs is 1. The lowest BCUT2D eigenvalue weighted by Crippen LogP contribution is -2.23. The highest BCUT2D eigenvalue weighted by Crippen LogP contribution is 2.26. The summed E-state index contributed by atoms with van der Waals surface area (Å²) in [5, 5.41) is 8.10. The van der Waals surface area contributed by atoms with Crippen LogP contribution in [0.2, 0.25) is 0 Å². The maximum absolute atomic E-state index is 13.2. The van der Waals surface area contributed by atoms with Gasteiger partial charge in [0, 0.05) is 17.0 Å². The normalized spacial score (nSPS) is 14.1. The number of hydrogen-bond donors (Lipinski definition) is 1. The molecule has 1 aliphatic heterocycles. The molecule has 0 fully saturated rings. The van der Waals surface area contributed by atoms with Crippen LogP contribution in [0, 0.1) is 18.2 Å². The molecule has 0 saturated heterocycles. The number of halogens is 1. The second-order valence-corrected chi connectivity index (χ2v) is 5.31. The van der Waals surface area contributed by atoms with Gasteiger partial charge in [-0.25, -0.2) is 9.37 Å². The molecule has 5 heteroatoms. The molecule has 0 saturated carbocycles. The number of amidine groups is 1. The summed E-state index contributed by atoms with van der Waals surface area (Å²) in [5.41, 5.74) is 4.55. The van der Waals surface area contributed by atoms with E-state index in [0.29, 0.717) is 24.5 Å². The number of thiazole rings is 1. The predicted molar refractivity (Wildman–Crippen MR) is 69.3 cm³/mol. The lowest BCUT2D eigenvalue weighted by Gasteiger charge is -2.16. The largest absolute Gasteiger partial charge is 0.347 e. The van der Waals surface area contributed by atoms with Gasteiger partial charge in [-0.2, -0.15) is 0 Å². The first kappa shape index (κ1) is 11.3. The number of hydrogen-bond acceptors (Lipinski definition) is 3. The minimum atomic E-state index is -0.283. The van der Waals surface area contributed by atoms with Gasteiger partial charge in [0.15, 0.2) is 0 Å². The Bertz CT molecular complexity index is 620.